The van der Waals surface area contributed by atoms with E-state index in [0.29, 0.717) is 18.2 Å². The van der Waals surface area contributed by atoms with Crippen LogP contribution in [0.25, 0.3) is 0 Å². The number of hydrogen-bond donors (Lipinski definition) is 4. The zero-order chi connectivity index (χ0) is 11.5. The van der Waals surface area contributed by atoms with Crippen molar-refractivity contribution in [3.63, 3.8) is 0 Å². The van der Waals surface area contributed by atoms with E-state index in [1.165, 1.54) is 0 Å². The summed E-state index contributed by atoms with van der Waals surface area (Å²) in [6, 6.07) is 5.97. The monoisotopic (exact) mass is 220 g/mol. The lowest BCUT2D eigenvalue weighted by Crippen LogP contribution is -2.30. The summed E-state index contributed by atoms with van der Waals surface area (Å²) < 4.78 is 0. The molecule has 0 atom stereocenters. The molecule has 1 aliphatic carbocycles. The Kier molecular flexibility index (Phi) is 3.07. The smallest absolute Gasteiger partial charge is 0.267 e. The van der Waals surface area contributed by atoms with Crippen LogP contribution >= 0.6 is 0 Å². The predicted molar refractivity (Wildman–Crippen MR) is 62.6 cm³/mol. The maximum atomic E-state index is 11.5. The Morgan fingerprint density at radius 3 is 2.75 bits per heavy atom. The number of hydrazine groups is 1. The van der Waals surface area contributed by atoms with Gasteiger partial charge in [-0.2, -0.15) is 0 Å². The Bertz CT molecular complexity index is 401. The normalized spacial score (nSPS) is 14.6. The van der Waals surface area contributed by atoms with Gasteiger partial charge in [0.25, 0.3) is 5.91 Å². The molecular formula is C11H16N4O. The fourth-order valence-electron chi connectivity index (χ4n) is 1.56. The van der Waals surface area contributed by atoms with Gasteiger partial charge < -0.3 is 11.1 Å². The van der Waals surface area contributed by atoms with Gasteiger partial charge in [-0.1, -0.05) is 6.07 Å². The lowest BCUT2D eigenvalue weighted by molar-refractivity contribution is 0.0954. The third-order valence-electron chi connectivity index (χ3n) is 2.63. The standard InChI is InChI=1S/C11H16N4O/c12-6-7-1-4-9(11(16)15-13)10(5-7)14-8-2-3-8/h1,4-5,8,14H,2-3,6,12-13H2,(H,15,16). The highest BCUT2D eigenvalue weighted by molar-refractivity contribution is 5.99. The Morgan fingerprint density at radius 2 is 2.19 bits per heavy atom. The minimum atomic E-state index is -0.285. The number of hydrogen-bond acceptors (Lipinski definition) is 4. The molecule has 6 N–H and O–H groups in total. The van der Waals surface area contributed by atoms with Gasteiger partial charge in [-0.05, 0) is 30.5 Å². The quantitative estimate of drug-likeness (QED) is 0.334. The molecule has 0 aromatic heterocycles. The molecule has 0 aliphatic heterocycles. The van der Waals surface area contributed by atoms with Gasteiger partial charge in [-0.3, -0.25) is 10.2 Å². The zero-order valence-electron chi connectivity index (χ0n) is 8.99. The topological polar surface area (TPSA) is 93.2 Å². The number of nitrogens with two attached hydrogens (primary N) is 2. The van der Waals surface area contributed by atoms with Crippen LogP contribution in [0.1, 0.15) is 28.8 Å². The number of nitrogens with one attached hydrogen (secondary N) is 2. The molecule has 5 heteroatoms. The predicted octanol–water partition coefficient (Wildman–Crippen LogP) is 0.323. The average Bonchev–Trinajstić information content (AvgIpc) is 3.12. The van der Waals surface area contributed by atoms with Crippen LogP contribution in [0.15, 0.2) is 18.2 Å². The van der Waals surface area contributed by atoms with Crippen LogP contribution in [0, 0.1) is 0 Å². The van der Waals surface area contributed by atoms with Crippen molar-refractivity contribution in [1.29, 1.82) is 0 Å². The first-order valence-corrected chi connectivity index (χ1v) is 5.35. The minimum Gasteiger partial charge on any atom is -0.382 e. The largest absolute Gasteiger partial charge is 0.382 e. The summed E-state index contributed by atoms with van der Waals surface area (Å²) in [5.74, 6) is 4.85. The Labute approximate surface area is 94.2 Å². The first-order chi connectivity index (χ1) is 7.74. The Balaban J connectivity index is 2.29. The Hall–Kier alpha value is -1.59. The molecule has 16 heavy (non-hydrogen) atoms. The summed E-state index contributed by atoms with van der Waals surface area (Å²) in [4.78, 5) is 11.5. The molecule has 1 aromatic rings. The molecule has 5 nitrogen and oxygen atoms in total. The third-order valence-corrected chi connectivity index (χ3v) is 2.63. The maximum absolute atomic E-state index is 11.5. The van der Waals surface area contributed by atoms with Gasteiger partial charge in [0.05, 0.1) is 5.56 Å². The number of amides is 1. The molecule has 86 valence electrons. The van der Waals surface area contributed by atoms with Crippen LogP contribution in [-0.2, 0) is 6.54 Å². The van der Waals surface area contributed by atoms with E-state index in [-0.39, 0.29) is 5.91 Å². The molecule has 0 heterocycles. The minimum absolute atomic E-state index is 0.285. The first kappa shape index (κ1) is 10.9. The van der Waals surface area contributed by atoms with Crippen LogP contribution in [0.5, 0.6) is 0 Å². The van der Waals surface area contributed by atoms with E-state index < -0.39 is 0 Å². The number of carbonyl (C=O) groups excluding carboxylic acids is 1. The summed E-state index contributed by atoms with van der Waals surface area (Å²) in [6.45, 7) is 0.462. The first-order valence-electron chi connectivity index (χ1n) is 5.35. The maximum Gasteiger partial charge on any atom is 0.267 e. The summed E-state index contributed by atoms with van der Waals surface area (Å²) >= 11 is 0. The summed E-state index contributed by atoms with van der Waals surface area (Å²) in [5.41, 5.74) is 10.1. The molecule has 1 fully saturated rings. The van der Waals surface area contributed by atoms with Crippen LogP contribution in [0.4, 0.5) is 5.69 Å². The number of carbonyl (C=O) groups is 1. The second kappa shape index (κ2) is 4.51. The molecule has 0 saturated heterocycles. The van der Waals surface area contributed by atoms with Crippen molar-refractivity contribution in [3.8, 4) is 0 Å². The lowest BCUT2D eigenvalue weighted by atomic mass is 10.1. The lowest BCUT2D eigenvalue weighted by Gasteiger charge is -2.11. The van der Waals surface area contributed by atoms with E-state index in [4.69, 9.17) is 11.6 Å². The van der Waals surface area contributed by atoms with Crippen molar-refractivity contribution in [2.24, 2.45) is 11.6 Å². The number of nitrogen functional groups attached to an aromatic ring is 1. The summed E-state index contributed by atoms with van der Waals surface area (Å²) in [5, 5.41) is 3.30. The van der Waals surface area contributed by atoms with Crippen molar-refractivity contribution in [1.82, 2.24) is 5.43 Å². The van der Waals surface area contributed by atoms with E-state index >= 15 is 0 Å². The van der Waals surface area contributed by atoms with Crippen LogP contribution in [0.2, 0.25) is 0 Å². The van der Waals surface area contributed by atoms with E-state index in [2.05, 4.69) is 10.7 Å². The van der Waals surface area contributed by atoms with E-state index in [1.54, 1.807) is 6.07 Å². The molecule has 0 spiro atoms. The van der Waals surface area contributed by atoms with E-state index in [9.17, 15) is 4.79 Å². The van der Waals surface area contributed by atoms with Gasteiger partial charge in [0.15, 0.2) is 0 Å². The fraction of sp³-hybridized carbons (Fsp3) is 0.364. The van der Waals surface area contributed by atoms with Gasteiger partial charge in [0, 0.05) is 18.3 Å². The van der Waals surface area contributed by atoms with Gasteiger partial charge >= 0.3 is 0 Å². The average molecular weight is 220 g/mol. The highest BCUT2D eigenvalue weighted by Crippen LogP contribution is 2.27. The summed E-state index contributed by atoms with van der Waals surface area (Å²) in [7, 11) is 0. The van der Waals surface area contributed by atoms with Crippen molar-refractivity contribution in [3.05, 3.63) is 29.3 Å². The van der Waals surface area contributed by atoms with Crippen LogP contribution in [-0.4, -0.2) is 11.9 Å². The molecule has 0 bridgehead atoms. The van der Waals surface area contributed by atoms with Crippen molar-refractivity contribution in [2.45, 2.75) is 25.4 Å². The molecule has 1 amide bonds. The number of anilines is 1. The molecule has 0 radical (unpaired) electrons. The van der Waals surface area contributed by atoms with Gasteiger partial charge in [0.2, 0.25) is 0 Å². The highest BCUT2D eigenvalue weighted by atomic mass is 16.2. The van der Waals surface area contributed by atoms with E-state index in [1.807, 2.05) is 12.1 Å². The van der Waals surface area contributed by atoms with Gasteiger partial charge in [-0.15, -0.1) is 0 Å². The molecule has 1 aromatic carbocycles. The SMILES string of the molecule is NCc1ccc(C(=O)NN)c(NC2CC2)c1. The molecule has 1 saturated carbocycles. The van der Waals surface area contributed by atoms with Crippen LogP contribution < -0.4 is 22.3 Å². The van der Waals surface area contributed by atoms with Crippen molar-refractivity contribution in [2.75, 3.05) is 5.32 Å². The third kappa shape index (κ3) is 2.32. The second-order valence-electron chi connectivity index (χ2n) is 3.98. The summed E-state index contributed by atoms with van der Waals surface area (Å²) in [6.07, 6.45) is 2.30. The Morgan fingerprint density at radius 1 is 1.44 bits per heavy atom. The molecule has 0 unspecified atom stereocenters. The molecule has 2 rings (SSSR count). The van der Waals surface area contributed by atoms with Crippen molar-refractivity contribution >= 4 is 11.6 Å². The molecular weight excluding hydrogens is 204 g/mol. The number of rotatable bonds is 4. The highest BCUT2D eigenvalue weighted by Gasteiger charge is 2.23. The number of benzene rings is 1. The molecule has 1 aliphatic rings. The second-order valence-corrected chi connectivity index (χ2v) is 3.98. The van der Waals surface area contributed by atoms with Gasteiger partial charge in [-0.25, -0.2) is 5.84 Å². The van der Waals surface area contributed by atoms with E-state index in [0.717, 1.165) is 24.1 Å². The fourth-order valence-corrected chi connectivity index (χ4v) is 1.56. The van der Waals surface area contributed by atoms with Crippen LogP contribution in [0.3, 0.4) is 0 Å². The zero-order valence-corrected chi connectivity index (χ0v) is 8.99. The van der Waals surface area contributed by atoms with Crippen molar-refractivity contribution < 1.29 is 4.79 Å². The van der Waals surface area contributed by atoms with Gasteiger partial charge in [0.1, 0.15) is 0 Å².